The van der Waals surface area contributed by atoms with Gasteiger partial charge in [-0.15, -0.1) is 0 Å². The maximum atomic E-state index is 5.87. The quantitative estimate of drug-likeness (QED) is 0.884. The Morgan fingerprint density at radius 1 is 1.21 bits per heavy atom. The highest BCUT2D eigenvalue weighted by Gasteiger charge is 2.45. The highest BCUT2D eigenvalue weighted by atomic mass is 15.1. The second-order valence-electron chi connectivity index (χ2n) is 5.76. The number of rotatable bonds is 3. The number of aromatic nitrogens is 2. The molecule has 1 unspecified atom stereocenters. The number of hydrogen-bond acceptors (Lipinski definition) is 4. The largest absolute Gasteiger partial charge is 0.384 e. The van der Waals surface area contributed by atoms with E-state index in [1.807, 2.05) is 30.3 Å². The lowest BCUT2D eigenvalue weighted by Crippen LogP contribution is -2.11. The van der Waals surface area contributed by atoms with Crippen molar-refractivity contribution in [1.82, 2.24) is 9.97 Å². The summed E-state index contributed by atoms with van der Waals surface area (Å²) in [6.07, 6.45) is 1.16. The van der Waals surface area contributed by atoms with Gasteiger partial charge < -0.3 is 11.1 Å². The van der Waals surface area contributed by atoms with E-state index < -0.39 is 0 Å². The summed E-state index contributed by atoms with van der Waals surface area (Å²) in [4.78, 5) is 8.84. The van der Waals surface area contributed by atoms with Gasteiger partial charge in [-0.05, 0) is 11.8 Å². The van der Waals surface area contributed by atoms with Gasteiger partial charge in [-0.2, -0.15) is 0 Å². The highest BCUT2D eigenvalue weighted by Crippen LogP contribution is 2.46. The molecule has 0 aliphatic heterocycles. The van der Waals surface area contributed by atoms with E-state index in [2.05, 4.69) is 29.1 Å². The molecule has 1 aromatic heterocycles. The summed E-state index contributed by atoms with van der Waals surface area (Å²) in [6.45, 7) is 4.49. The van der Waals surface area contributed by atoms with E-state index in [9.17, 15) is 0 Å². The van der Waals surface area contributed by atoms with Crippen LogP contribution < -0.4 is 11.1 Å². The van der Waals surface area contributed by atoms with Gasteiger partial charge in [-0.1, -0.05) is 44.2 Å². The zero-order valence-electron chi connectivity index (χ0n) is 11.2. The fraction of sp³-hybridized carbons (Fsp3) is 0.333. The van der Waals surface area contributed by atoms with Crippen molar-refractivity contribution in [3.8, 4) is 11.4 Å². The summed E-state index contributed by atoms with van der Waals surface area (Å²) < 4.78 is 0. The molecule has 4 nitrogen and oxygen atoms in total. The maximum Gasteiger partial charge on any atom is 0.163 e. The van der Waals surface area contributed by atoms with Gasteiger partial charge in [0.25, 0.3) is 0 Å². The van der Waals surface area contributed by atoms with Gasteiger partial charge in [0, 0.05) is 17.7 Å². The molecule has 0 spiro atoms. The Bertz CT molecular complexity index is 592. The summed E-state index contributed by atoms with van der Waals surface area (Å²) >= 11 is 0. The van der Waals surface area contributed by atoms with E-state index in [-0.39, 0.29) is 0 Å². The average molecular weight is 254 g/mol. The Hall–Kier alpha value is -2.10. The van der Waals surface area contributed by atoms with Gasteiger partial charge in [-0.25, -0.2) is 9.97 Å². The Balaban J connectivity index is 1.89. The van der Waals surface area contributed by atoms with Crippen molar-refractivity contribution in [1.29, 1.82) is 0 Å². The van der Waals surface area contributed by atoms with Crippen LogP contribution in [0.2, 0.25) is 0 Å². The van der Waals surface area contributed by atoms with Gasteiger partial charge in [0.05, 0.1) is 0 Å². The van der Waals surface area contributed by atoms with Crippen molar-refractivity contribution in [3.63, 3.8) is 0 Å². The SMILES string of the molecule is CC1(C)CC1Nc1cc(N)nc(-c2ccccc2)n1. The number of hydrogen-bond donors (Lipinski definition) is 2. The molecule has 19 heavy (non-hydrogen) atoms. The zero-order chi connectivity index (χ0) is 13.5. The van der Waals surface area contributed by atoms with E-state index in [1.165, 1.54) is 0 Å². The number of nitrogens with one attached hydrogen (secondary N) is 1. The number of nitrogen functional groups attached to an aromatic ring is 1. The zero-order valence-corrected chi connectivity index (χ0v) is 11.2. The molecule has 1 saturated carbocycles. The lowest BCUT2D eigenvalue weighted by Gasteiger charge is -2.09. The van der Waals surface area contributed by atoms with Crippen LogP contribution in [0.4, 0.5) is 11.6 Å². The summed E-state index contributed by atoms with van der Waals surface area (Å²) in [6, 6.07) is 12.2. The van der Waals surface area contributed by atoms with Gasteiger partial charge >= 0.3 is 0 Å². The minimum atomic E-state index is 0.354. The smallest absolute Gasteiger partial charge is 0.163 e. The molecule has 1 fully saturated rings. The van der Waals surface area contributed by atoms with Crippen LogP contribution in [-0.4, -0.2) is 16.0 Å². The molecule has 0 radical (unpaired) electrons. The minimum Gasteiger partial charge on any atom is -0.384 e. The van der Waals surface area contributed by atoms with Gasteiger partial charge in [0.2, 0.25) is 0 Å². The second-order valence-corrected chi connectivity index (χ2v) is 5.76. The molecule has 3 N–H and O–H groups in total. The summed E-state index contributed by atoms with van der Waals surface area (Å²) in [5.41, 5.74) is 7.20. The summed E-state index contributed by atoms with van der Waals surface area (Å²) in [5, 5.41) is 3.43. The molecule has 1 heterocycles. The molecular weight excluding hydrogens is 236 g/mol. The van der Waals surface area contributed by atoms with Crippen LogP contribution in [0.5, 0.6) is 0 Å². The number of nitrogens with zero attached hydrogens (tertiary/aromatic N) is 2. The van der Waals surface area contributed by atoms with Crippen molar-refractivity contribution in [2.45, 2.75) is 26.3 Å². The number of nitrogens with two attached hydrogens (primary N) is 1. The fourth-order valence-electron chi connectivity index (χ4n) is 2.15. The van der Waals surface area contributed by atoms with Crippen LogP contribution >= 0.6 is 0 Å². The molecule has 1 atom stereocenters. The normalized spacial score (nSPS) is 20.0. The van der Waals surface area contributed by atoms with Crippen molar-refractivity contribution in [2.24, 2.45) is 5.41 Å². The van der Waals surface area contributed by atoms with Crippen LogP contribution in [0.3, 0.4) is 0 Å². The van der Waals surface area contributed by atoms with E-state index in [1.54, 1.807) is 6.07 Å². The molecule has 1 aliphatic carbocycles. The molecule has 1 aliphatic rings. The molecule has 4 heteroatoms. The van der Waals surface area contributed by atoms with Crippen LogP contribution in [-0.2, 0) is 0 Å². The molecule has 0 amide bonds. The van der Waals surface area contributed by atoms with E-state index in [0.29, 0.717) is 23.1 Å². The first-order valence-corrected chi connectivity index (χ1v) is 6.51. The van der Waals surface area contributed by atoms with Gasteiger partial charge in [-0.3, -0.25) is 0 Å². The van der Waals surface area contributed by atoms with E-state index in [0.717, 1.165) is 17.8 Å². The van der Waals surface area contributed by atoms with E-state index in [4.69, 9.17) is 5.73 Å². The Labute approximate surface area is 113 Å². The lowest BCUT2D eigenvalue weighted by atomic mass is 10.2. The third kappa shape index (κ3) is 2.52. The standard InChI is InChI=1S/C15H18N4/c1-15(2)9-11(15)17-13-8-12(16)18-14(19-13)10-6-4-3-5-7-10/h3-8,11H,9H2,1-2H3,(H3,16,17,18,19). The predicted octanol–water partition coefficient (Wildman–Crippen LogP) is 2.94. The number of benzene rings is 1. The summed E-state index contributed by atoms with van der Waals surface area (Å²) in [7, 11) is 0. The van der Waals surface area contributed by atoms with Crippen molar-refractivity contribution in [3.05, 3.63) is 36.4 Å². The Morgan fingerprint density at radius 2 is 1.89 bits per heavy atom. The van der Waals surface area contributed by atoms with Crippen LogP contribution in [0.25, 0.3) is 11.4 Å². The van der Waals surface area contributed by atoms with Gasteiger partial charge in [0.1, 0.15) is 11.6 Å². The third-order valence-electron chi connectivity index (χ3n) is 3.61. The first kappa shape index (κ1) is 12.0. The third-order valence-corrected chi connectivity index (χ3v) is 3.61. The minimum absolute atomic E-state index is 0.354. The lowest BCUT2D eigenvalue weighted by molar-refractivity contribution is 0.630. The second kappa shape index (κ2) is 4.23. The van der Waals surface area contributed by atoms with E-state index >= 15 is 0 Å². The van der Waals surface area contributed by atoms with Crippen LogP contribution in [0, 0.1) is 5.41 Å². The van der Waals surface area contributed by atoms with Crippen molar-refractivity contribution in [2.75, 3.05) is 11.1 Å². The van der Waals surface area contributed by atoms with Crippen LogP contribution in [0.1, 0.15) is 20.3 Å². The monoisotopic (exact) mass is 254 g/mol. The fourth-order valence-corrected chi connectivity index (χ4v) is 2.15. The van der Waals surface area contributed by atoms with Gasteiger partial charge in [0.15, 0.2) is 5.82 Å². The Morgan fingerprint density at radius 3 is 2.53 bits per heavy atom. The number of anilines is 2. The topological polar surface area (TPSA) is 63.8 Å². The maximum absolute atomic E-state index is 5.87. The van der Waals surface area contributed by atoms with Crippen molar-refractivity contribution < 1.29 is 0 Å². The molecule has 1 aromatic carbocycles. The summed E-state index contributed by atoms with van der Waals surface area (Å²) in [5.74, 6) is 1.97. The first-order chi connectivity index (χ1) is 9.04. The highest BCUT2D eigenvalue weighted by molar-refractivity contribution is 5.60. The molecule has 0 saturated heterocycles. The Kier molecular flexibility index (Phi) is 2.66. The predicted molar refractivity (Wildman–Crippen MR) is 77.7 cm³/mol. The first-order valence-electron chi connectivity index (χ1n) is 6.51. The molecule has 98 valence electrons. The molecular formula is C15H18N4. The van der Waals surface area contributed by atoms with Crippen molar-refractivity contribution >= 4 is 11.6 Å². The molecule has 2 aromatic rings. The molecule has 0 bridgehead atoms. The molecule has 3 rings (SSSR count). The average Bonchev–Trinajstić information content (AvgIpc) is 2.97. The van der Waals surface area contributed by atoms with Crippen LogP contribution in [0.15, 0.2) is 36.4 Å².